The van der Waals surface area contributed by atoms with Gasteiger partial charge in [0, 0.05) is 35.4 Å². The molecule has 1 saturated heterocycles. The molecule has 1 aliphatic heterocycles. The molecule has 1 fully saturated rings. The number of nitrogens with zero attached hydrogens (tertiary/aromatic N) is 1. The number of rotatable bonds is 6. The molecule has 2 aliphatic rings. The van der Waals surface area contributed by atoms with E-state index in [-0.39, 0.29) is 37.0 Å². The molecular formula is C19H25N3O4S. The van der Waals surface area contributed by atoms with Gasteiger partial charge in [0.25, 0.3) is 5.91 Å². The van der Waals surface area contributed by atoms with E-state index in [0.717, 1.165) is 28.2 Å². The molecule has 2 N–H and O–H groups in total. The fraction of sp³-hybridized carbons (Fsp3) is 0.579. The van der Waals surface area contributed by atoms with E-state index < -0.39 is 17.1 Å². The van der Waals surface area contributed by atoms with Gasteiger partial charge in [0.1, 0.15) is 11.3 Å². The molecule has 2 heterocycles. The van der Waals surface area contributed by atoms with Crippen LogP contribution in [0.15, 0.2) is 11.4 Å². The van der Waals surface area contributed by atoms with Gasteiger partial charge < -0.3 is 10.6 Å². The minimum atomic E-state index is -0.977. The number of hydrogen-bond acceptors (Lipinski definition) is 5. The fourth-order valence-corrected chi connectivity index (χ4v) is 5.06. The van der Waals surface area contributed by atoms with Crippen molar-refractivity contribution >= 4 is 35.0 Å². The molecule has 146 valence electrons. The van der Waals surface area contributed by atoms with Crippen molar-refractivity contribution < 1.29 is 19.2 Å². The summed E-state index contributed by atoms with van der Waals surface area (Å²) in [5, 5.41) is 7.62. The van der Waals surface area contributed by atoms with Crippen molar-refractivity contribution in [1.82, 2.24) is 15.5 Å². The number of thiophene rings is 1. The van der Waals surface area contributed by atoms with Crippen LogP contribution >= 0.6 is 11.3 Å². The summed E-state index contributed by atoms with van der Waals surface area (Å²) in [4.78, 5) is 51.3. The third kappa shape index (κ3) is 3.76. The highest BCUT2D eigenvalue weighted by molar-refractivity contribution is 7.10. The SMILES string of the molecule is CC(=O)CC(C)(C)NC(=O)CCN1C(=O)N[C@@]2(CCCc3sccc32)C1=O. The molecule has 1 spiro atoms. The number of fused-ring (bicyclic) bond motifs is 2. The summed E-state index contributed by atoms with van der Waals surface area (Å²) in [7, 11) is 0. The second kappa shape index (κ2) is 7.07. The molecule has 0 saturated carbocycles. The first-order valence-corrected chi connectivity index (χ1v) is 10.0. The van der Waals surface area contributed by atoms with Gasteiger partial charge in [-0.05, 0) is 51.5 Å². The minimum absolute atomic E-state index is 0.00701. The molecule has 1 aromatic heterocycles. The van der Waals surface area contributed by atoms with Crippen molar-refractivity contribution in [2.24, 2.45) is 0 Å². The van der Waals surface area contributed by atoms with E-state index in [1.54, 1.807) is 25.2 Å². The van der Waals surface area contributed by atoms with Crippen LogP contribution in [0.5, 0.6) is 0 Å². The molecule has 0 unspecified atom stereocenters. The number of imide groups is 1. The summed E-state index contributed by atoms with van der Waals surface area (Å²) < 4.78 is 0. The van der Waals surface area contributed by atoms with Crippen molar-refractivity contribution in [3.8, 4) is 0 Å². The number of urea groups is 1. The molecule has 8 heteroatoms. The first-order valence-electron chi connectivity index (χ1n) is 9.16. The van der Waals surface area contributed by atoms with Crippen molar-refractivity contribution in [3.63, 3.8) is 0 Å². The van der Waals surface area contributed by atoms with Crippen molar-refractivity contribution in [2.75, 3.05) is 6.54 Å². The Morgan fingerprint density at radius 2 is 2.11 bits per heavy atom. The zero-order valence-corrected chi connectivity index (χ0v) is 16.7. The Kier molecular flexibility index (Phi) is 5.12. The highest BCUT2D eigenvalue weighted by Gasteiger charge is 2.54. The molecule has 1 aromatic rings. The molecule has 1 aliphatic carbocycles. The third-order valence-corrected chi connectivity index (χ3v) is 6.05. The van der Waals surface area contributed by atoms with Crippen LogP contribution in [0.3, 0.4) is 0 Å². The van der Waals surface area contributed by atoms with Crippen LogP contribution in [0.2, 0.25) is 0 Å². The lowest BCUT2D eigenvalue weighted by Gasteiger charge is -2.31. The Morgan fingerprint density at radius 1 is 1.37 bits per heavy atom. The van der Waals surface area contributed by atoms with Crippen molar-refractivity contribution in [3.05, 3.63) is 21.9 Å². The minimum Gasteiger partial charge on any atom is -0.351 e. The van der Waals surface area contributed by atoms with Crippen LogP contribution in [0.25, 0.3) is 0 Å². The molecule has 4 amide bonds. The van der Waals surface area contributed by atoms with Crippen molar-refractivity contribution in [1.29, 1.82) is 0 Å². The molecule has 7 nitrogen and oxygen atoms in total. The zero-order valence-electron chi connectivity index (χ0n) is 15.9. The Hall–Kier alpha value is -2.22. The van der Waals surface area contributed by atoms with E-state index in [4.69, 9.17) is 0 Å². The van der Waals surface area contributed by atoms with Gasteiger partial charge in [0.15, 0.2) is 0 Å². The molecule has 3 rings (SSSR count). The first-order chi connectivity index (χ1) is 12.6. The fourth-order valence-electron chi connectivity index (χ4n) is 4.06. The quantitative estimate of drug-likeness (QED) is 0.726. The van der Waals surface area contributed by atoms with E-state index in [1.165, 1.54) is 6.92 Å². The average Bonchev–Trinajstić information content (AvgIpc) is 3.10. The van der Waals surface area contributed by atoms with E-state index in [9.17, 15) is 19.2 Å². The van der Waals surface area contributed by atoms with Crippen LogP contribution in [-0.2, 0) is 26.3 Å². The molecular weight excluding hydrogens is 366 g/mol. The summed E-state index contributed by atoms with van der Waals surface area (Å²) >= 11 is 1.61. The number of hydrogen-bond donors (Lipinski definition) is 2. The van der Waals surface area contributed by atoms with Gasteiger partial charge in [-0.25, -0.2) is 4.79 Å². The maximum Gasteiger partial charge on any atom is 0.325 e. The largest absolute Gasteiger partial charge is 0.351 e. The van der Waals surface area contributed by atoms with Crippen LogP contribution in [0.4, 0.5) is 4.79 Å². The first kappa shape index (κ1) is 19.5. The highest BCUT2D eigenvalue weighted by atomic mass is 32.1. The maximum absolute atomic E-state index is 13.1. The Labute approximate surface area is 162 Å². The van der Waals surface area contributed by atoms with E-state index in [2.05, 4.69) is 10.6 Å². The predicted molar refractivity (Wildman–Crippen MR) is 101 cm³/mol. The topological polar surface area (TPSA) is 95.6 Å². The summed E-state index contributed by atoms with van der Waals surface area (Å²) in [6, 6.07) is 1.47. The number of ketones is 1. The standard InChI is InChI=1S/C19H25N3O4S/c1-12(23)11-18(2,3)20-15(24)6-9-22-16(25)19(21-17(22)26)8-4-5-14-13(19)7-10-27-14/h7,10H,4-6,8-9,11H2,1-3H3,(H,20,24)(H,21,26)/t19-/m1/s1. The number of Topliss-reactive ketones (excluding diaryl/α,β-unsaturated/α-hetero) is 1. The van der Waals surface area contributed by atoms with Gasteiger partial charge in [-0.15, -0.1) is 11.3 Å². The molecule has 1 atom stereocenters. The smallest absolute Gasteiger partial charge is 0.325 e. The lowest BCUT2D eigenvalue weighted by atomic mass is 9.80. The average molecular weight is 391 g/mol. The van der Waals surface area contributed by atoms with E-state index in [0.29, 0.717) is 6.42 Å². The Bertz CT molecular complexity index is 801. The van der Waals surface area contributed by atoms with Crippen LogP contribution in [-0.4, -0.2) is 40.6 Å². The van der Waals surface area contributed by atoms with Crippen LogP contribution in [0, 0.1) is 0 Å². The number of nitrogens with one attached hydrogen (secondary N) is 2. The second-order valence-electron chi connectivity index (χ2n) is 7.96. The normalized spacial score (nSPS) is 22.0. The Balaban J connectivity index is 1.66. The third-order valence-electron chi connectivity index (χ3n) is 5.07. The molecule has 0 aromatic carbocycles. The highest BCUT2D eigenvalue weighted by Crippen LogP contribution is 2.42. The summed E-state index contributed by atoms with van der Waals surface area (Å²) in [6.07, 6.45) is 2.58. The monoisotopic (exact) mass is 391 g/mol. The lowest BCUT2D eigenvalue weighted by Crippen LogP contribution is -2.47. The second-order valence-corrected chi connectivity index (χ2v) is 8.96. The van der Waals surface area contributed by atoms with Crippen LogP contribution < -0.4 is 10.6 Å². The number of carbonyl (C=O) groups excluding carboxylic acids is 4. The number of carbonyl (C=O) groups is 4. The van der Waals surface area contributed by atoms with Gasteiger partial charge in [-0.1, -0.05) is 0 Å². The number of aryl methyl sites for hydroxylation is 1. The molecule has 0 radical (unpaired) electrons. The lowest BCUT2D eigenvalue weighted by molar-refractivity contribution is -0.132. The van der Waals surface area contributed by atoms with E-state index >= 15 is 0 Å². The van der Waals surface area contributed by atoms with Gasteiger partial charge >= 0.3 is 6.03 Å². The molecule has 27 heavy (non-hydrogen) atoms. The Morgan fingerprint density at radius 3 is 2.81 bits per heavy atom. The van der Waals surface area contributed by atoms with Gasteiger partial charge in [-0.2, -0.15) is 0 Å². The van der Waals surface area contributed by atoms with E-state index in [1.807, 2.05) is 11.4 Å². The zero-order chi connectivity index (χ0) is 19.8. The predicted octanol–water partition coefficient (Wildman–Crippen LogP) is 2.10. The summed E-state index contributed by atoms with van der Waals surface area (Å²) in [5.41, 5.74) is -0.738. The van der Waals surface area contributed by atoms with Crippen LogP contribution in [0.1, 0.15) is 56.9 Å². The van der Waals surface area contributed by atoms with Gasteiger partial charge in [0.05, 0.1) is 0 Å². The molecule has 0 bridgehead atoms. The summed E-state index contributed by atoms with van der Waals surface area (Å²) in [5.74, 6) is -0.578. The summed E-state index contributed by atoms with van der Waals surface area (Å²) in [6.45, 7) is 5.04. The van der Waals surface area contributed by atoms with Gasteiger partial charge in [-0.3, -0.25) is 19.3 Å². The van der Waals surface area contributed by atoms with Gasteiger partial charge in [0.2, 0.25) is 5.91 Å². The maximum atomic E-state index is 13.1. The van der Waals surface area contributed by atoms with Crippen molar-refractivity contribution in [2.45, 2.75) is 64.0 Å². The number of amides is 4.